The molecule has 0 radical (unpaired) electrons. The van der Waals surface area contributed by atoms with E-state index in [1.165, 1.54) is 20.7 Å². The zero-order valence-corrected chi connectivity index (χ0v) is 17.7. The lowest BCUT2D eigenvalue weighted by molar-refractivity contribution is 0.0695. The quantitative estimate of drug-likeness (QED) is 0.566. The summed E-state index contributed by atoms with van der Waals surface area (Å²) in [6.45, 7) is 2.63. The van der Waals surface area contributed by atoms with Crippen LogP contribution in [-0.2, 0) is 14.9 Å². The van der Waals surface area contributed by atoms with Gasteiger partial charge in [-0.1, -0.05) is 12.1 Å². The van der Waals surface area contributed by atoms with Crippen molar-refractivity contribution in [2.75, 3.05) is 51.3 Å². The Morgan fingerprint density at radius 2 is 1.90 bits per heavy atom. The number of anilines is 1. The highest BCUT2D eigenvalue weighted by Gasteiger charge is 2.39. The molecule has 0 bridgehead atoms. The van der Waals surface area contributed by atoms with Crippen molar-refractivity contribution in [3.8, 4) is 11.4 Å². The minimum absolute atomic E-state index is 0.144. The predicted molar refractivity (Wildman–Crippen MR) is 111 cm³/mol. The maximum absolute atomic E-state index is 13.6. The van der Waals surface area contributed by atoms with E-state index in [0.717, 1.165) is 0 Å². The van der Waals surface area contributed by atoms with Gasteiger partial charge in [-0.15, -0.1) is 15.3 Å². The van der Waals surface area contributed by atoms with Gasteiger partial charge in [0.1, 0.15) is 11.6 Å². The molecule has 10 nitrogen and oxygen atoms in total. The van der Waals surface area contributed by atoms with Crippen LogP contribution in [0.25, 0.3) is 17.0 Å². The first-order valence-corrected chi connectivity index (χ1v) is 11.4. The van der Waals surface area contributed by atoms with Crippen LogP contribution in [0.1, 0.15) is 0 Å². The van der Waals surface area contributed by atoms with E-state index in [1.54, 1.807) is 29.8 Å². The highest BCUT2D eigenvalue weighted by Crippen LogP contribution is 2.26. The number of morpholine rings is 1. The van der Waals surface area contributed by atoms with E-state index < -0.39 is 10.2 Å². The third kappa shape index (κ3) is 3.65. The maximum atomic E-state index is 13.6. The molecule has 2 aliphatic rings. The number of benzene rings is 1. The number of ether oxygens (including phenoxy) is 1. The fourth-order valence-corrected chi connectivity index (χ4v) is 5.26. The maximum Gasteiger partial charge on any atom is 0.282 e. The van der Waals surface area contributed by atoms with Gasteiger partial charge in [0.15, 0.2) is 11.5 Å². The van der Waals surface area contributed by atoms with Crippen LogP contribution in [0.4, 0.5) is 10.2 Å². The summed E-state index contributed by atoms with van der Waals surface area (Å²) in [5.41, 5.74) is 1.13. The number of rotatable bonds is 5. The van der Waals surface area contributed by atoms with Crippen molar-refractivity contribution < 1.29 is 17.5 Å². The summed E-state index contributed by atoms with van der Waals surface area (Å²) in [4.78, 5) is 1.99. The number of halogens is 1. The van der Waals surface area contributed by atoms with E-state index >= 15 is 0 Å². The third-order valence-electron chi connectivity index (χ3n) is 5.69. The van der Waals surface area contributed by atoms with Crippen molar-refractivity contribution >= 4 is 21.7 Å². The molecule has 0 saturated carbocycles. The van der Waals surface area contributed by atoms with Crippen molar-refractivity contribution in [1.29, 1.82) is 0 Å². The fraction of sp³-hybridized carbons (Fsp3) is 0.421. The molecular weight excluding hydrogens is 425 g/mol. The van der Waals surface area contributed by atoms with Gasteiger partial charge in [0.25, 0.3) is 10.2 Å². The van der Waals surface area contributed by atoms with Crippen LogP contribution in [-0.4, -0.2) is 89.3 Å². The van der Waals surface area contributed by atoms with E-state index in [4.69, 9.17) is 4.74 Å². The van der Waals surface area contributed by atoms with Crippen LogP contribution in [0, 0.1) is 5.82 Å². The largest absolute Gasteiger partial charge is 0.379 e. The fourth-order valence-electron chi connectivity index (χ4n) is 3.78. The van der Waals surface area contributed by atoms with Gasteiger partial charge in [-0.05, 0) is 24.3 Å². The molecule has 0 amide bonds. The van der Waals surface area contributed by atoms with Crippen molar-refractivity contribution in [2.24, 2.45) is 0 Å². The van der Waals surface area contributed by atoms with Gasteiger partial charge in [-0.2, -0.15) is 21.5 Å². The van der Waals surface area contributed by atoms with E-state index in [-0.39, 0.29) is 11.9 Å². The third-order valence-corrected chi connectivity index (χ3v) is 7.74. The van der Waals surface area contributed by atoms with E-state index in [0.29, 0.717) is 62.2 Å². The molecule has 0 N–H and O–H groups in total. The summed E-state index contributed by atoms with van der Waals surface area (Å²) in [6.07, 6.45) is 0. The predicted octanol–water partition coefficient (Wildman–Crippen LogP) is 0.628. The summed E-state index contributed by atoms with van der Waals surface area (Å²) < 4.78 is 49.0. The Labute approximate surface area is 179 Å². The van der Waals surface area contributed by atoms with Crippen LogP contribution < -0.4 is 4.90 Å². The summed E-state index contributed by atoms with van der Waals surface area (Å²) >= 11 is 0. The highest BCUT2D eigenvalue weighted by atomic mass is 32.2. The topological polar surface area (TPSA) is 96.2 Å². The lowest BCUT2D eigenvalue weighted by Crippen LogP contribution is -2.62. The van der Waals surface area contributed by atoms with Crippen LogP contribution in [0.3, 0.4) is 0 Å². The molecule has 4 heterocycles. The van der Waals surface area contributed by atoms with Gasteiger partial charge in [-0.3, -0.25) is 0 Å². The molecule has 2 saturated heterocycles. The van der Waals surface area contributed by atoms with Crippen LogP contribution in [0.2, 0.25) is 0 Å². The Hall–Kier alpha value is -2.67. The molecule has 5 rings (SSSR count). The molecule has 12 heteroatoms. The first-order chi connectivity index (χ1) is 14.9. The van der Waals surface area contributed by atoms with Crippen molar-refractivity contribution in [3.63, 3.8) is 0 Å². The summed E-state index contributed by atoms with van der Waals surface area (Å²) in [7, 11) is -1.91. The number of hydrogen-bond acceptors (Lipinski definition) is 7. The van der Waals surface area contributed by atoms with Crippen LogP contribution in [0.5, 0.6) is 0 Å². The average Bonchev–Trinajstić information content (AvgIpc) is 3.16. The van der Waals surface area contributed by atoms with E-state index in [9.17, 15) is 12.8 Å². The standard InChI is InChI=1S/C19H22FN7O3S/c1-24(31(28,29)26-7-9-30-10-8-26)16-12-25(13-16)18-6-5-17-21-22-19(27(17)23-18)14-3-2-4-15(20)11-14/h2-6,11,16H,7-10,12-13H2,1H3. The summed E-state index contributed by atoms with van der Waals surface area (Å²) in [5, 5.41) is 12.9. The SMILES string of the molecule is CN(C1CN(c2ccc3nnc(-c4cccc(F)c4)n3n2)C1)S(=O)(=O)N1CCOCC1. The minimum atomic E-state index is -3.52. The first-order valence-electron chi connectivity index (χ1n) is 9.98. The van der Waals surface area contributed by atoms with Gasteiger partial charge in [0, 0.05) is 38.8 Å². The first kappa shape index (κ1) is 20.2. The minimum Gasteiger partial charge on any atom is -0.379 e. The molecule has 1 aromatic carbocycles. The van der Waals surface area contributed by atoms with E-state index in [1.807, 2.05) is 11.0 Å². The Bertz CT molecular complexity index is 1210. The zero-order chi connectivity index (χ0) is 21.6. The lowest BCUT2D eigenvalue weighted by Gasteiger charge is -2.45. The molecular formula is C19H22FN7O3S. The number of hydrogen-bond donors (Lipinski definition) is 0. The van der Waals surface area contributed by atoms with Crippen LogP contribution in [0.15, 0.2) is 36.4 Å². The van der Waals surface area contributed by atoms with Crippen molar-refractivity contribution in [2.45, 2.75) is 6.04 Å². The van der Waals surface area contributed by atoms with Crippen molar-refractivity contribution in [1.82, 2.24) is 28.4 Å². The molecule has 164 valence electrons. The summed E-state index contributed by atoms with van der Waals surface area (Å²) in [5.74, 6) is 0.763. The van der Waals surface area contributed by atoms with Crippen LogP contribution >= 0.6 is 0 Å². The molecule has 0 aliphatic carbocycles. The van der Waals surface area contributed by atoms with Gasteiger partial charge in [0.05, 0.1) is 19.3 Å². The number of fused-ring (bicyclic) bond motifs is 1. The highest BCUT2D eigenvalue weighted by molar-refractivity contribution is 7.86. The monoisotopic (exact) mass is 447 g/mol. The molecule has 0 atom stereocenters. The number of nitrogens with zero attached hydrogens (tertiary/aromatic N) is 7. The second-order valence-electron chi connectivity index (χ2n) is 7.59. The summed E-state index contributed by atoms with van der Waals surface area (Å²) in [6, 6.07) is 9.59. The van der Waals surface area contributed by atoms with Gasteiger partial charge < -0.3 is 9.64 Å². The second kappa shape index (κ2) is 7.79. The van der Waals surface area contributed by atoms with Gasteiger partial charge >= 0.3 is 0 Å². The normalized spacial score (nSPS) is 18.6. The lowest BCUT2D eigenvalue weighted by atomic mass is 10.1. The van der Waals surface area contributed by atoms with Gasteiger partial charge in [0.2, 0.25) is 0 Å². The molecule has 2 aliphatic heterocycles. The molecule has 0 unspecified atom stereocenters. The van der Waals surface area contributed by atoms with Gasteiger partial charge in [-0.25, -0.2) is 4.39 Å². The van der Waals surface area contributed by atoms with Crippen molar-refractivity contribution in [3.05, 3.63) is 42.2 Å². The molecule has 31 heavy (non-hydrogen) atoms. The Morgan fingerprint density at radius 3 is 2.65 bits per heavy atom. The Morgan fingerprint density at radius 1 is 1.13 bits per heavy atom. The number of aromatic nitrogens is 4. The Kier molecular flexibility index (Phi) is 5.08. The van der Waals surface area contributed by atoms with E-state index in [2.05, 4.69) is 15.3 Å². The Balaban J connectivity index is 1.33. The molecule has 3 aromatic rings. The average molecular weight is 447 g/mol. The molecule has 0 spiro atoms. The smallest absolute Gasteiger partial charge is 0.282 e. The molecule has 2 fully saturated rings. The molecule has 2 aromatic heterocycles. The number of likely N-dealkylation sites (N-methyl/N-ethyl adjacent to an activating group) is 1. The second-order valence-corrected chi connectivity index (χ2v) is 9.58. The zero-order valence-electron chi connectivity index (χ0n) is 16.9.